The molecule has 0 saturated carbocycles. The number of hydrogen-bond acceptors (Lipinski definition) is 7. The lowest BCUT2D eigenvalue weighted by Crippen LogP contribution is -2.13. The molecule has 0 spiro atoms. The molecule has 0 aliphatic heterocycles. The van der Waals surface area contributed by atoms with Gasteiger partial charge < -0.3 is 9.73 Å². The maximum atomic E-state index is 5.61. The minimum absolute atomic E-state index is 0.298. The van der Waals surface area contributed by atoms with E-state index in [-0.39, 0.29) is 0 Å². The molecule has 0 aliphatic rings. The molecule has 2 aromatic rings. The molecule has 0 aromatic carbocycles. The molecule has 1 N–H and O–H groups in total. The van der Waals surface area contributed by atoms with Gasteiger partial charge in [-0.25, -0.2) is 0 Å². The molecular weight excluding hydrogens is 250 g/mol. The van der Waals surface area contributed by atoms with Crippen LogP contribution in [0, 0.1) is 0 Å². The Kier molecular flexibility index (Phi) is 4.38. The highest BCUT2D eigenvalue weighted by atomic mass is 32.1. The van der Waals surface area contributed by atoms with E-state index in [4.69, 9.17) is 4.42 Å². The molecule has 0 fully saturated rings. The van der Waals surface area contributed by atoms with E-state index in [1.165, 1.54) is 11.5 Å². The van der Waals surface area contributed by atoms with E-state index in [0.29, 0.717) is 24.2 Å². The molecule has 0 aliphatic carbocycles. The Labute approximate surface area is 110 Å². The van der Waals surface area contributed by atoms with Crippen LogP contribution in [0.4, 0.5) is 0 Å². The van der Waals surface area contributed by atoms with Crippen molar-refractivity contribution in [2.75, 3.05) is 6.54 Å². The van der Waals surface area contributed by atoms with E-state index < -0.39 is 0 Å². The van der Waals surface area contributed by atoms with Gasteiger partial charge in [-0.1, -0.05) is 25.3 Å². The minimum Gasteiger partial charge on any atom is -0.418 e. The van der Waals surface area contributed by atoms with Gasteiger partial charge in [0.05, 0.1) is 12.2 Å². The normalized spacial score (nSPS) is 11.3. The van der Waals surface area contributed by atoms with E-state index >= 15 is 0 Å². The van der Waals surface area contributed by atoms with Crippen LogP contribution in [-0.2, 0) is 6.54 Å². The van der Waals surface area contributed by atoms with Gasteiger partial charge in [0.25, 0.3) is 5.89 Å². The fourth-order valence-corrected chi connectivity index (χ4v) is 2.25. The highest BCUT2D eigenvalue weighted by Crippen LogP contribution is 2.29. The lowest BCUT2D eigenvalue weighted by Gasteiger charge is -1.99. The largest absolute Gasteiger partial charge is 0.418 e. The second-order valence-electron chi connectivity index (χ2n) is 4.32. The van der Waals surface area contributed by atoms with Gasteiger partial charge in [-0.2, -0.15) is 0 Å². The molecule has 6 nitrogen and oxygen atoms in total. The van der Waals surface area contributed by atoms with Gasteiger partial charge in [0.1, 0.15) is 4.88 Å². The summed E-state index contributed by atoms with van der Waals surface area (Å²) in [7, 11) is 0. The molecule has 2 aromatic heterocycles. The van der Waals surface area contributed by atoms with Gasteiger partial charge in [0, 0.05) is 0 Å². The Morgan fingerprint density at radius 1 is 1.28 bits per heavy atom. The topological polar surface area (TPSA) is 76.7 Å². The van der Waals surface area contributed by atoms with E-state index in [2.05, 4.69) is 45.9 Å². The quantitative estimate of drug-likeness (QED) is 0.809. The summed E-state index contributed by atoms with van der Waals surface area (Å²) in [6.45, 7) is 7.80. The molecule has 0 atom stereocenters. The molecule has 0 saturated heterocycles. The summed E-state index contributed by atoms with van der Waals surface area (Å²) in [5.41, 5.74) is 0.914. The number of aromatic nitrogens is 4. The average molecular weight is 267 g/mol. The maximum Gasteiger partial charge on any atom is 0.261 e. The predicted octanol–water partition coefficient (Wildman–Crippen LogP) is 2.21. The summed E-state index contributed by atoms with van der Waals surface area (Å²) in [6, 6.07) is 0. The van der Waals surface area contributed by atoms with Crippen molar-refractivity contribution in [1.29, 1.82) is 0 Å². The van der Waals surface area contributed by atoms with E-state index in [1.54, 1.807) is 0 Å². The predicted molar refractivity (Wildman–Crippen MR) is 69.3 cm³/mol. The second-order valence-corrected chi connectivity index (χ2v) is 5.07. The third-order valence-electron chi connectivity index (χ3n) is 2.42. The van der Waals surface area contributed by atoms with Crippen molar-refractivity contribution in [3.63, 3.8) is 0 Å². The first-order valence-electron chi connectivity index (χ1n) is 6.08. The third kappa shape index (κ3) is 2.91. The van der Waals surface area contributed by atoms with Crippen LogP contribution in [0.2, 0.25) is 0 Å². The summed E-state index contributed by atoms with van der Waals surface area (Å²) < 4.78 is 9.56. The number of nitrogens with zero attached hydrogens (tertiary/aromatic N) is 4. The zero-order valence-corrected chi connectivity index (χ0v) is 11.6. The lowest BCUT2D eigenvalue weighted by atomic mass is 10.1. The molecule has 2 heterocycles. The van der Waals surface area contributed by atoms with Crippen molar-refractivity contribution in [3.8, 4) is 10.8 Å². The summed E-state index contributed by atoms with van der Waals surface area (Å²) in [5, 5.41) is 15.4. The van der Waals surface area contributed by atoms with Gasteiger partial charge in [-0.3, -0.25) is 0 Å². The van der Waals surface area contributed by atoms with E-state index in [9.17, 15) is 0 Å². The van der Waals surface area contributed by atoms with Crippen LogP contribution in [0.25, 0.3) is 10.8 Å². The summed E-state index contributed by atoms with van der Waals surface area (Å²) in [6.07, 6.45) is 1.08. The number of hydrogen-bond donors (Lipinski definition) is 1. The van der Waals surface area contributed by atoms with Crippen molar-refractivity contribution in [2.45, 2.75) is 39.7 Å². The maximum absolute atomic E-state index is 5.61. The van der Waals surface area contributed by atoms with Gasteiger partial charge in [0.15, 0.2) is 0 Å². The first kappa shape index (κ1) is 13.1. The fraction of sp³-hybridized carbons (Fsp3) is 0.636. The Balaban J connectivity index is 2.11. The molecule has 2 rings (SSSR count). The highest BCUT2D eigenvalue weighted by molar-refractivity contribution is 7.09. The van der Waals surface area contributed by atoms with Crippen LogP contribution in [0.15, 0.2) is 4.42 Å². The summed E-state index contributed by atoms with van der Waals surface area (Å²) >= 11 is 1.29. The zero-order valence-electron chi connectivity index (χ0n) is 10.8. The van der Waals surface area contributed by atoms with Crippen molar-refractivity contribution >= 4 is 11.5 Å². The standard InChI is InChI=1S/C11H17N5OS/c1-4-5-12-6-8-13-15-11(17-8)10-9(7(2)3)14-16-18-10/h7,12H,4-6H2,1-3H3. The minimum atomic E-state index is 0.298. The molecule has 0 radical (unpaired) electrons. The smallest absolute Gasteiger partial charge is 0.261 e. The third-order valence-corrected chi connectivity index (χ3v) is 3.15. The average Bonchev–Trinajstić information content (AvgIpc) is 2.96. The van der Waals surface area contributed by atoms with E-state index in [1.807, 2.05) is 0 Å². The van der Waals surface area contributed by atoms with Crippen molar-refractivity contribution < 1.29 is 4.42 Å². The molecule has 98 valence electrons. The fourth-order valence-electron chi connectivity index (χ4n) is 1.51. The van der Waals surface area contributed by atoms with Crippen LogP contribution < -0.4 is 5.32 Å². The van der Waals surface area contributed by atoms with Crippen molar-refractivity contribution in [1.82, 2.24) is 25.1 Å². The summed E-state index contributed by atoms with van der Waals surface area (Å²) in [5.74, 6) is 1.41. The monoisotopic (exact) mass is 267 g/mol. The zero-order chi connectivity index (χ0) is 13.0. The molecule has 7 heteroatoms. The molecule has 0 unspecified atom stereocenters. The van der Waals surface area contributed by atoms with Gasteiger partial charge in [-0.15, -0.1) is 15.3 Å². The molecule has 0 amide bonds. The summed E-state index contributed by atoms with van der Waals surface area (Å²) in [4.78, 5) is 0.874. The Morgan fingerprint density at radius 3 is 2.83 bits per heavy atom. The van der Waals surface area contributed by atoms with Crippen LogP contribution in [0.1, 0.15) is 44.7 Å². The molecule has 0 bridgehead atoms. The van der Waals surface area contributed by atoms with Gasteiger partial charge >= 0.3 is 0 Å². The Morgan fingerprint density at radius 2 is 2.11 bits per heavy atom. The molecular formula is C11H17N5OS. The van der Waals surface area contributed by atoms with Crippen LogP contribution in [0.5, 0.6) is 0 Å². The van der Waals surface area contributed by atoms with Gasteiger partial charge in [0.2, 0.25) is 5.89 Å². The van der Waals surface area contributed by atoms with Gasteiger partial charge in [-0.05, 0) is 30.4 Å². The Hall–Kier alpha value is -1.34. The highest BCUT2D eigenvalue weighted by Gasteiger charge is 2.18. The first-order chi connectivity index (χ1) is 8.72. The first-order valence-corrected chi connectivity index (χ1v) is 6.85. The van der Waals surface area contributed by atoms with Crippen molar-refractivity contribution in [2.24, 2.45) is 0 Å². The number of nitrogens with one attached hydrogen (secondary N) is 1. The van der Waals surface area contributed by atoms with Crippen LogP contribution >= 0.6 is 11.5 Å². The van der Waals surface area contributed by atoms with E-state index in [0.717, 1.165) is 23.5 Å². The Bertz CT molecular complexity index is 493. The molecule has 18 heavy (non-hydrogen) atoms. The number of rotatable bonds is 6. The van der Waals surface area contributed by atoms with Crippen molar-refractivity contribution in [3.05, 3.63) is 11.6 Å². The van der Waals surface area contributed by atoms with Crippen LogP contribution in [-0.4, -0.2) is 26.3 Å². The SMILES string of the molecule is CCCNCc1nnc(-c2snnc2C(C)C)o1. The lowest BCUT2D eigenvalue weighted by molar-refractivity contribution is 0.477. The van der Waals surface area contributed by atoms with Crippen LogP contribution in [0.3, 0.4) is 0 Å². The second kappa shape index (κ2) is 6.01.